The molecule has 1 heterocycles. The Morgan fingerprint density at radius 3 is 2.22 bits per heavy atom. The largest absolute Gasteiger partial charge is 0.481 e. The number of carbonyl (C=O) groups is 3. The van der Waals surface area contributed by atoms with E-state index in [1.807, 2.05) is 0 Å². The maximum Gasteiger partial charge on any atom is 0.471 e. The Labute approximate surface area is 132 Å². The number of rotatable bonds is 4. The van der Waals surface area contributed by atoms with Gasteiger partial charge in [-0.25, -0.2) is 0 Å². The van der Waals surface area contributed by atoms with E-state index in [2.05, 4.69) is 0 Å². The molecule has 2 amide bonds. The van der Waals surface area contributed by atoms with Crippen molar-refractivity contribution in [2.75, 3.05) is 6.54 Å². The number of hydrogen-bond acceptors (Lipinski definition) is 3. The summed E-state index contributed by atoms with van der Waals surface area (Å²) in [4.78, 5) is 36.0. The number of carboxylic acids is 1. The predicted molar refractivity (Wildman–Crippen MR) is 74.4 cm³/mol. The minimum atomic E-state index is -5.08. The van der Waals surface area contributed by atoms with E-state index in [1.54, 1.807) is 12.2 Å². The standard InChI is InChI=1S/C14H21F3N2O4/c1-7(2)10(18-13(23)14(15,16)17)11(20)19-6-9(12(21)22)5-4-8(19)3/h7-10H,4-6H2,1-3H3,(H,18,23)(H,21,22)/t8?,9?,10-/m0/s1. The lowest BCUT2D eigenvalue weighted by molar-refractivity contribution is -0.175. The zero-order valence-electron chi connectivity index (χ0n) is 13.2. The van der Waals surface area contributed by atoms with E-state index in [0.717, 1.165) is 0 Å². The van der Waals surface area contributed by atoms with E-state index in [0.29, 0.717) is 12.8 Å². The average Bonchev–Trinajstić information content (AvgIpc) is 2.42. The van der Waals surface area contributed by atoms with Crippen LogP contribution in [0, 0.1) is 11.8 Å². The average molecular weight is 338 g/mol. The van der Waals surface area contributed by atoms with Crippen molar-refractivity contribution in [2.24, 2.45) is 11.8 Å². The van der Waals surface area contributed by atoms with Crippen LogP contribution in [0.25, 0.3) is 0 Å². The van der Waals surface area contributed by atoms with Crippen molar-refractivity contribution in [2.45, 2.75) is 51.9 Å². The first-order valence-electron chi connectivity index (χ1n) is 7.36. The normalized spacial score (nSPS) is 23.5. The molecule has 3 atom stereocenters. The molecule has 132 valence electrons. The molecule has 0 aliphatic carbocycles. The molecule has 1 aliphatic rings. The summed E-state index contributed by atoms with van der Waals surface area (Å²) >= 11 is 0. The third-order valence-electron chi connectivity index (χ3n) is 3.99. The van der Waals surface area contributed by atoms with E-state index < -0.39 is 41.8 Å². The van der Waals surface area contributed by atoms with Crippen LogP contribution in [0.4, 0.5) is 13.2 Å². The van der Waals surface area contributed by atoms with Gasteiger partial charge in [0, 0.05) is 12.6 Å². The number of hydrogen-bond donors (Lipinski definition) is 2. The maximum absolute atomic E-state index is 12.5. The minimum Gasteiger partial charge on any atom is -0.481 e. The van der Waals surface area contributed by atoms with Crippen molar-refractivity contribution in [1.29, 1.82) is 0 Å². The lowest BCUT2D eigenvalue weighted by Crippen LogP contribution is -2.58. The Bertz CT molecular complexity index is 479. The number of alkyl halides is 3. The number of nitrogens with one attached hydrogen (secondary N) is 1. The van der Waals surface area contributed by atoms with E-state index >= 15 is 0 Å². The number of aliphatic carboxylic acids is 1. The molecule has 23 heavy (non-hydrogen) atoms. The lowest BCUT2D eigenvalue weighted by Gasteiger charge is -2.39. The van der Waals surface area contributed by atoms with Crippen molar-refractivity contribution in [3.05, 3.63) is 0 Å². The molecule has 2 unspecified atom stereocenters. The molecular weight excluding hydrogens is 317 g/mol. The first-order valence-corrected chi connectivity index (χ1v) is 7.36. The van der Waals surface area contributed by atoms with E-state index in [4.69, 9.17) is 5.11 Å². The van der Waals surface area contributed by atoms with Gasteiger partial charge < -0.3 is 15.3 Å². The number of likely N-dealkylation sites (tertiary alicyclic amines) is 1. The van der Waals surface area contributed by atoms with Crippen LogP contribution < -0.4 is 5.32 Å². The van der Waals surface area contributed by atoms with Gasteiger partial charge in [0.15, 0.2) is 0 Å². The fourth-order valence-electron chi connectivity index (χ4n) is 2.53. The molecule has 1 fully saturated rings. The molecule has 0 bridgehead atoms. The van der Waals surface area contributed by atoms with Gasteiger partial charge in [0.2, 0.25) is 5.91 Å². The topological polar surface area (TPSA) is 86.7 Å². The summed E-state index contributed by atoms with van der Waals surface area (Å²) in [6.45, 7) is 4.67. The number of carbonyl (C=O) groups excluding carboxylic acids is 2. The molecule has 0 aromatic carbocycles. The fourth-order valence-corrected chi connectivity index (χ4v) is 2.53. The number of halogens is 3. The Kier molecular flexibility index (Phi) is 6.01. The Hall–Kier alpha value is -1.80. The van der Waals surface area contributed by atoms with Crippen molar-refractivity contribution >= 4 is 17.8 Å². The van der Waals surface area contributed by atoms with Gasteiger partial charge >= 0.3 is 18.1 Å². The van der Waals surface area contributed by atoms with Crippen LogP contribution >= 0.6 is 0 Å². The van der Waals surface area contributed by atoms with Crippen LogP contribution in [0.2, 0.25) is 0 Å². The minimum absolute atomic E-state index is 0.0690. The highest BCUT2D eigenvalue weighted by Crippen LogP contribution is 2.24. The quantitative estimate of drug-likeness (QED) is 0.811. The summed E-state index contributed by atoms with van der Waals surface area (Å²) in [5.41, 5.74) is 0. The molecule has 0 saturated carbocycles. The van der Waals surface area contributed by atoms with Gasteiger partial charge in [0.25, 0.3) is 0 Å². The maximum atomic E-state index is 12.5. The SMILES string of the molecule is CC(C)[C@H](NC(=O)C(F)(F)F)C(=O)N1CC(C(=O)O)CCC1C. The zero-order chi connectivity index (χ0) is 17.9. The lowest BCUT2D eigenvalue weighted by atomic mass is 9.91. The summed E-state index contributed by atoms with van der Waals surface area (Å²) in [7, 11) is 0. The number of carboxylic acid groups (broad SMARTS) is 1. The first-order chi connectivity index (χ1) is 10.4. The van der Waals surface area contributed by atoms with E-state index in [-0.39, 0.29) is 12.6 Å². The number of nitrogens with zero attached hydrogens (tertiary/aromatic N) is 1. The van der Waals surface area contributed by atoms with Crippen molar-refractivity contribution in [3.8, 4) is 0 Å². The van der Waals surface area contributed by atoms with Crippen LogP contribution in [0.1, 0.15) is 33.6 Å². The van der Waals surface area contributed by atoms with Gasteiger partial charge in [-0.2, -0.15) is 13.2 Å². The van der Waals surface area contributed by atoms with Crippen molar-refractivity contribution in [1.82, 2.24) is 10.2 Å². The zero-order valence-corrected chi connectivity index (χ0v) is 13.2. The van der Waals surface area contributed by atoms with Crippen LogP contribution in [0.5, 0.6) is 0 Å². The van der Waals surface area contributed by atoms with Crippen molar-refractivity contribution < 1.29 is 32.7 Å². The fraction of sp³-hybridized carbons (Fsp3) is 0.786. The molecular formula is C14H21F3N2O4. The van der Waals surface area contributed by atoms with Crippen LogP contribution in [-0.4, -0.2) is 52.6 Å². The monoisotopic (exact) mass is 338 g/mol. The van der Waals surface area contributed by atoms with Crippen LogP contribution in [-0.2, 0) is 14.4 Å². The second-order valence-electron chi connectivity index (χ2n) is 6.15. The molecule has 0 radical (unpaired) electrons. The molecule has 1 rings (SSSR count). The molecule has 0 aromatic heterocycles. The van der Waals surface area contributed by atoms with Gasteiger partial charge in [-0.15, -0.1) is 0 Å². The third-order valence-corrected chi connectivity index (χ3v) is 3.99. The highest BCUT2D eigenvalue weighted by atomic mass is 19.4. The van der Waals surface area contributed by atoms with Crippen LogP contribution in [0.15, 0.2) is 0 Å². The van der Waals surface area contributed by atoms with Crippen LogP contribution in [0.3, 0.4) is 0 Å². The molecule has 0 aromatic rings. The Balaban J connectivity index is 2.91. The Morgan fingerprint density at radius 1 is 1.22 bits per heavy atom. The second kappa shape index (κ2) is 7.18. The summed E-state index contributed by atoms with van der Waals surface area (Å²) in [5, 5.41) is 10.8. The molecule has 0 spiro atoms. The summed E-state index contributed by atoms with van der Waals surface area (Å²) in [6.07, 6.45) is -4.23. The Morgan fingerprint density at radius 2 is 1.78 bits per heavy atom. The second-order valence-corrected chi connectivity index (χ2v) is 6.15. The highest BCUT2D eigenvalue weighted by Gasteiger charge is 2.43. The predicted octanol–water partition coefficient (Wildman–Crippen LogP) is 1.40. The number of piperidine rings is 1. The molecule has 1 saturated heterocycles. The van der Waals surface area contributed by atoms with Gasteiger partial charge in [-0.1, -0.05) is 13.8 Å². The highest BCUT2D eigenvalue weighted by molar-refractivity contribution is 5.90. The summed E-state index contributed by atoms with van der Waals surface area (Å²) in [5.74, 6) is -5.22. The molecule has 1 aliphatic heterocycles. The smallest absolute Gasteiger partial charge is 0.471 e. The number of amides is 2. The first kappa shape index (κ1) is 19.2. The van der Waals surface area contributed by atoms with Gasteiger partial charge in [-0.05, 0) is 25.7 Å². The van der Waals surface area contributed by atoms with E-state index in [9.17, 15) is 27.6 Å². The van der Waals surface area contributed by atoms with Gasteiger partial charge in [-0.3, -0.25) is 14.4 Å². The summed E-state index contributed by atoms with van der Waals surface area (Å²) < 4.78 is 37.2. The van der Waals surface area contributed by atoms with E-state index in [1.165, 1.54) is 18.7 Å². The van der Waals surface area contributed by atoms with Crippen molar-refractivity contribution in [3.63, 3.8) is 0 Å². The third kappa shape index (κ3) is 4.84. The molecule has 6 nitrogen and oxygen atoms in total. The molecule has 2 N–H and O–H groups in total. The molecule has 9 heteroatoms. The summed E-state index contributed by atoms with van der Waals surface area (Å²) in [6, 6.07) is -1.64. The van der Waals surface area contributed by atoms with Gasteiger partial charge in [0.05, 0.1) is 5.92 Å². The van der Waals surface area contributed by atoms with Gasteiger partial charge in [0.1, 0.15) is 6.04 Å².